The standard InChI is InChI=1S/C24H24N2O3S/c1-29-21-5-2-4-19(16-21)23(27)25-20-11-13-26(14-12-20)24(28)18-9-7-17(8-10-18)22-6-3-15-30-22/h2-10,15-16,20H,11-14H2,1H3,(H,25,27). The van der Waals surface area contributed by atoms with Gasteiger partial charge in [0.05, 0.1) is 7.11 Å². The number of hydrogen-bond acceptors (Lipinski definition) is 4. The zero-order valence-electron chi connectivity index (χ0n) is 16.8. The first-order valence-electron chi connectivity index (χ1n) is 10.0. The normalized spacial score (nSPS) is 14.4. The molecule has 6 heteroatoms. The summed E-state index contributed by atoms with van der Waals surface area (Å²) >= 11 is 1.69. The molecule has 154 valence electrons. The fourth-order valence-corrected chi connectivity index (χ4v) is 4.40. The summed E-state index contributed by atoms with van der Waals surface area (Å²) in [6.45, 7) is 1.27. The predicted octanol–water partition coefficient (Wildman–Crippen LogP) is 4.46. The molecule has 1 aromatic heterocycles. The number of ether oxygens (including phenoxy) is 1. The van der Waals surface area contributed by atoms with E-state index in [1.165, 1.54) is 4.88 Å². The van der Waals surface area contributed by atoms with Crippen LogP contribution in [-0.2, 0) is 0 Å². The van der Waals surface area contributed by atoms with Gasteiger partial charge in [0.1, 0.15) is 5.75 Å². The molecule has 1 fully saturated rings. The number of nitrogens with zero attached hydrogens (tertiary/aromatic N) is 1. The molecular weight excluding hydrogens is 396 g/mol. The maximum absolute atomic E-state index is 12.8. The Hall–Kier alpha value is -3.12. The number of amides is 2. The summed E-state index contributed by atoms with van der Waals surface area (Å²) in [5, 5.41) is 5.12. The topological polar surface area (TPSA) is 58.6 Å². The fraction of sp³-hybridized carbons (Fsp3) is 0.250. The first kappa shape index (κ1) is 20.2. The highest BCUT2D eigenvalue weighted by atomic mass is 32.1. The number of nitrogens with one attached hydrogen (secondary N) is 1. The summed E-state index contributed by atoms with van der Waals surface area (Å²) in [6.07, 6.45) is 1.49. The number of thiophene rings is 1. The van der Waals surface area contributed by atoms with Crippen molar-refractivity contribution in [1.29, 1.82) is 0 Å². The van der Waals surface area contributed by atoms with Gasteiger partial charge in [-0.05, 0) is 60.2 Å². The number of piperidine rings is 1. The van der Waals surface area contributed by atoms with Crippen molar-refractivity contribution in [2.24, 2.45) is 0 Å². The van der Waals surface area contributed by atoms with Gasteiger partial charge in [0, 0.05) is 35.1 Å². The summed E-state index contributed by atoms with van der Waals surface area (Å²) in [7, 11) is 1.58. The molecule has 5 nitrogen and oxygen atoms in total. The zero-order valence-corrected chi connectivity index (χ0v) is 17.7. The van der Waals surface area contributed by atoms with Crippen molar-refractivity contribution in [2.45, 2.75) is 18.9 Å². The van der Waals surface area contributed by atoms with Crippen LogP contribution in [-0.4, -0.2) is 43.0 Å². The smallest absolute Gasteiger partial charge is 0.253 e. The Morgan fingerprint density at radius 1 is 1.00 bits per heavy atom. The van der Waals surface area contributed by atoms with E-state index in [0.29, 0.717) is 30.0 Å². The van der Waals surface area contributed by atoms with E-state index in [9.17, 15) is 9.59 Å². The summed E-state index contributed by atoms with van der Waals surface area (Å²) in [5.74, 6) is 0.598. The van der Waals surface area contributed by atoms with Gasteiger partial charge in [0.15, 0.2) is 0 Å². The number of hydrogen-bond donors (Lipinski definition) is 1. The third-order valence-electron chi connectivity index (χ3n) is 5.39. The lowest BCUT2D eigenvalue weighted by molar-refractivity contribution is 0.0698. The van der Waals surface area contributed by atoms with Crippen LogP contribution < -0.4 is 10.1 Å². The molecule has 0 saturated carbocycles. The Labute approximate surface area is 180 Å². The van der Waals surface area contributed by atoms with Crippen molar-refractivity contribution in [2.75, 3.05) is 20.2 Å². The third-order valence-corrected chi connectivity index (χ3v) is 6.31. The number of carbonyl (C=O) groups excluding carboxylic acids is 2. The average molecular weight is 421 g/mol. The fourth-order valence-electron chi connectivity index (χ4n) is 3.66. The van der Waals surface area contributed by atoms with Gasteiger partial charge in [-0.1, -0.05) is 24.3 Å². The molecule has 0 spiro atoms. The first-order chi connectivity index (χ1) is 14.6. The van der Waals surface area contributed by atoms with Gasteiger partial charge in [-0.15, -0.1) is 11.3 Å². The molecule has 0 bridgehead atoms. The largest absolute Gasteiger partial charge is 0.497 e. The van der Waals surface area contributed by atoms with Crippen LogP contribution in [0.3, 0.4) is 0 Å². The molecule has 3 aromatic rings. The van der Waals surface area contributed by atoms with Gasteiger partial charge >= 0.3 is 0 Å². The molecule has 0 aliphatic carbocycles. The molecule has 1 N–H and O–H groups in total. The Morgan fingerprint density at radius 2 is 1.77 bits per heavy atom. The van der Waals surface area contributed by atoms with Crippen molar-refractivity contribution in [1.82, 2.24) is 10.2 Å². The molecule has 0 radical (unpaired) electrons. The molecule has 2 aromatic carbocycles. The van der Waals surface area contributed by atoms with Crippen molar-refractivity contribution >= 4 is 23.2 Å². The summed E-state index contributed by atoms with van der Waals surface area (Å²) in [4.78, 5) is 28.4. The minimum atomic E-state index is -0.108. The van der Waals surface area contributed by atoms with Crippen molar-refractivity contribution in [3.8, 4) is 16.2 Å². The van der Waals surface area contributed by atoms with E-state index >= 15 is 0 Å². The lowest BCUT2D eigenvalue weighted by Gasteiger charge is -2.32. The molecule has 4 rings (SSSR count). The van der Waals surface area contributed by atoms with E-state index in [-0.39, 0.29) is 17.9 Å². The number of carbonyl (C=O) groups is 2. The predicted molar refractivity (Wildman–Crippen MR) is 119 cm³/mol. The summed E-state index contributed by atoms with van der Waals surface area (Å²) in [6, 6.07) is 19.1. The van der Waals surface area contributed by atoms with Crippen LogP contribution in [0.5, 0.6) is 5.75 Å². The highest BCUT2D eigenvalue weighted by Crippen LogP contribution is 2.25. The molecule has 2 amide bonds. The SMILES string of the molecule is COc1cccc(C(=O)NC2CCN(C(=O)c3ccc(-c4cccs4)cc3)CC2)c1. The van der Waals surface area contributed by atoms with Crippen LogP contribution in [0.4, 0.5) is 0 Å². The number of methoxy groups -OCH3 is 1. The minimum absolute atomic E-state index is 0.0466. The van der Waals surface area contributed by atoms with E-state index in [1.54, 1.807) is 36.6 Å². The van der Waals surface area contributed by atoms with Gasteiger partial charge in [0.2, 0.25) is 0 Å². The summed E-state index contributed by atoms with van der Waals surface area (Å²) < 4.78 is 5.18. The third kappa shape index (κ3) is 4.54. The number of rotatable bonds is 5. The Balaban J connectivity index is 1.31. The number of likely N-dealkylation sites (tertiary alicyclic amines) is 1. The van der Waals surface area contributed by atoms with Crippen molar-refractivity contribution in [3.63, 3.8) is 0 Å². The molecule has 0 unspecified atom stereocenters. The maximum Gasteiger partial charge on any atom is 0.253 e. The van der Waals surface area contributed by atoms with E-state index in [0.717, 1.165) is 18.4 Å². The molecule has 1 aliphatic rings. The second-order valence-corrected chi connectivity index (χ2v) is 8.27. The Bertz CT molecular complexity index is 1010. The minimum Gasteiger partial charge on any atom is -0.497 e. The quantitative estimate of drug-likeness (QED) is 0.663. The zero-order chi connectivity index (χ0) is 20.9. The van der Waals surface area contributed by atoms with Gasteiger partial charge in [-0.25, -0.2) is 0 Å². The molecular formula is C24H24N2O3S. The monoisotopic (exact) mass is 420 g/mol. The van der Waals surface area contributed by atoms with Gasteiger partial charge in [-0.3, -0.25) is 9.59 Å². The van der Waals surface area contributed by atoms with Crippen LogP contribution in [0.2, 0.25) is 0 Å². The highest BCUT2D eigenvalue weighted by Gasteiger charge is 2.25. The lowest BCUT2D eigenvalue weighted by atomic mass is 10.0. The van der Waals surface area contributed by atoms with Gasteiger partial charge in [-0.2, -0.15) is 0 Å². The van der Waals surface area contributed by atoms with Crippen LogP contribution in [0.15, 0.2) is 66.0 Å². The van der Waals surface area contributed by atoms with Crippen LogP contribution in [0.25, 0.3) is 10.4 Å². The Kier molecular flexibility index (Phi) is 6.14. The highest BCUT2D eigenvalue weighted by molar-refractivity contribution is 7.13. The molecule has 1 aliphatic heterocycles. The molecule has 0 atom stereocenters. The molecule has 30 heavy (non-hydrogen) atoms. The van der Waals surface area contributed by atoms with Crippen molar-refractivity contribution < 1.29 is 14.3 Å². The van der Waals surface area contributed by atoms with E-state index in [2.05, 4.69) is 11.4 Å². The van der Waals surface area contributed by atoms with Gasteiger partial charge < -0.3 is 15.0 Å². The van der Waals surface area contributed by atoms with E-state index in [4.69, 9.17) is 4.74 Å². The second-order valence-electron chi connectivity index (χ2n) is 7.33. The average Bonchev–Trinajstić information content (AvgIpc) is 3.34. The lowest BCUT2D eigenvalue weighted by Crippen LogP contribution is -2.46. The van der Waals surface area contributed by atoms with E-state index < -0.39 is 0 Å². The summed E-state index contributed by atoms with van der Waals surface area (Å²) in [5.41, 5.74) is 2.41. The Morgan fingerprint density at radius 3 is 2.43 bits per heavy atom. The van der Waals surface area contributed by atoms with Gasteiger partial charge in [0.25, 0.3) is 11.8 Å². The van der Waals surface area contributed by atoms with Crippen LogP contribution >= 0.6 is 11.3 Å². The molecule has 1 saturated heterocycles. The van der Waals surface area contributed by atoms with E-state index in [1.807, 2.05) is 46.7 Å². The molecule has 2 heterocycles. The van der Waals surface area contributed by atoms with Crippen LogP contribution in [0.1, 0.15) is 33.6 Å². The first-order valence-corrected chi connectivity index (χ1v) is 10.9. The maximum atomic E-state index is 12.8. The second kappa shape index (κ2) is 9.13. The van der Waals surface area contributed by atoms with Crippen LogP contribution in [0, 0.1) is 0 Å². The van der Waals surface area contributed by atoms with Crippen molar-refractivity contribution in [3.05, 3.63) is 77.2 Å². The number of benzene rings is 2.